The summed E-state index contributed by atoms with van der Waals surface area (Å²) in [7, 11) is 0. The van der Waals surface area contributed by atoms with E-state index in [9.17, 15) is 27.6 Å². The Morgan fingerprint density at radius 2 is 1.79 bits per heavy atom. The highest BCUT2D eigenvalue weighted by Gasteiger charge is 2.36. The molecule has 1 aliphatic heterocycles. The zero-order chi connectivity index (χ0) is 30.9. The second-order valence-electron chi connectivity index (χ2n) is 10.9. The van der Waals surface area contributed by atoms with Gasteiger partial charge in [0.05, 0.1) is 23.8 Å². The molecule has 9 nitrogen and oxygen atoms in total. The van der Waals surface area contributed by atoms with Crippen LogP contribution in [-0.4, -0.2) is 38.7 Å². The Hall–Kier alpha value is -4.71. The second kappa shape index (κ2) is 11.9. The highest BCUT2D eigenvalue weighted by molar-refractivity contribution is 6.01. The van der Waals surface area contributed by atoms with Gasteiger partial charge in [-0.15, -0.1) is 0 Å². The fourth-order valence-corrected chi connectivity index (χ4v) is 5.12. The van der Waals surface area contributed by atoms with Gasteiger partial charge in [-0.3, -0.25) is 14.6 Å². The summed E-state index contributed by atoms with van der Waals surface area (Å²) in [5.74, 6) is -1.09. The van der Waals surface area contributed by atoms with Crippen LogP contribution in [0.5, 0.6) is 0 Å². The molecule has 0 saturated carbocycles. The molecule has 4 aromatic rings. The first-order valence-electron chi connectivity index (χ1n) is 13.8. The van der Waals surface area contributed by atoms with E-state index in [4.69, 9.17) is 5.73 Å². The van der Waals surface area contributed by atoms with Crippen LogP contribution >= 0.6 is 0 Å². The number of para-hydroxylation sites is 1. The molecule has 4 N–H and O–H groups in total. The number of alkyl halides is 3. The number of H-pyrrole nitrogens is 1. The molecule has 3 aromatic carbocycles. The molecule has 0 spiro atoms. The van der Waals surface area contributed by atoms with Crippen LogP contribution < -0.4 is 21.6 Å². The molecule has 0 bridgehead atoms. The van der Waals surface area contributed by atoms with E-state index < -0.39 is 35.6 Å². The maximum atomic E-state index is 13.8. The molecular weight excluding hydrogens is 561 g/mol. The molecule has 2 atom stereocenters. The normalized spacial score (nSPS) is 16.1. The van der Waals surface area contributed by atoms with Crippen LogP contribution in [0.25, 0.3) is 16.8 Å². The first-order valence-corrected chi connectivity index (χ1v) is 13.8. The second-order valence-corrected chi connectivity index (χ2v) is 10.9. The molecule has 1 aromatic heterocycles. The Balaban J connectivity index is 1.47. The van der Waals surface area contributed by atoms with Gasteiger partial charge in [0, 0.05) is 11.3 Å². The molecule has 224 valence electrons. The lowest BCUT2D eigenvalue weighted by Crippen LogP contribution is -2.53. The van der Waals surface area contributed by atoms with Crippen LogP contribution in [0.4, 0.5) is 18.9 Å². The fourth-order valence-electron chi connectivity index (χ4n) is 5.12. The predicted molar refractivity (Wildman–Crippen MR) is 155 cm³/mol. The zero-order valence-electron chi connectivity index (χ0n) is 23.6. The number of amides is 2. The van der Waals surface area contributed by atoms with Crippen LogP contribution in [0.3, 0.4) is 0 Å². The molecule has 5 rings (SSSR count). The van der Waals surface area contributed by atoms with Crippen molar-refractivity contribution in [2.24, 2.45) is 11.7 Å². The summed E-state index contributed by atoms with van der Waals surface area (Å²) in [6.07, 6.45) is -2.95. The summed E-state index contributed by atoms with van der Waals surface area (Å²) in [5, 5.41) is 6.80. The van der Waals surface area contributed by atoms with E-state index in [1.807, 2.05) is 36.4 Å². The van der Waals surface area contributed by atoms with Gasteiger partial charge in [0.15, 0.2) is 0 Å². The highest BCUT2D eigenvalue weighted by Crippen LogP contribution is 2.36. The topological polar surface area (TPSA) is 126 Å². The number of aryl methyl sites for hydroxylation is 1. The Labute approximate surface area is 245 Å². The van der Waals surface area contributed by atoms with E-state index in [1.165, 1.54) is 22.0 Å². The predicted octanol–water partition coefficient (Wildman–Crippen LogP) is 4.19. The van der Waals surface area contributed by atoms with Gasteiger partial charge in [-0.25, -0.2) is 4.79 Å². The lowest BCUT2D eigenvalue weighted by molar-refractivity contribution is -0.137. The minimum Gasteiger partial charge on any atom is -0.343 e. The molecule has 2 amide bonds. The largest absolute Gasteiger partial charge is 0.416 e. The molecule has 43 heavy (non-hydrogen) atoms. The third kappa shape index (κ3) is 6.24. The summed E-state index contributed by atoms with van der Waals surface area (Å²) >= 11 is 0. The van der Waals surface area contributed by atoms with Crippen molar-refractivity contribution in [3.05, 3.63) is 100 Å². The van der Waals surface area contributed by atoms with Crippen molar-refractivity contribution < 1.29 is 22.8 Å². The number of fused-ring (bicyclic) bond motifs is 1. The van der Waals surface area contributed by atoms with E-state index in [0.29, 0.717) is 22.5 Å². The third-order valence-electron chi connectivity index (χ3n) is 7.59. The lowest BCUT2D eigenvalue weighted by Gasteiger charge is -2.28. The van der Waals surface area contributed by atoms with Crippen molar-refractivity contribution in [2.45, 2.75) is 51.5 Å². The van der Waals surface area contributed by atoms with Gasteiger partial charge in [0.2, 0.25) is 11.8 Å². The number of nitrogens with two attached hydrogens (primary N) is 1. The van der Waals surface area contributed by atoms with Crippen molar-refractivity contribution >= 4 is 17.5 Å². The number of nitrogens with one attached hydrogen (secondary N) is 2. The van der Waals surface area contributed by atoms with E-state index in [-0.39, 0.29) is 31.0 Å². The molecule has 0 fully saturated rings. The number of hydrogen-bond acceptors (Lipinski definition) is 5. The zero-order valence-corrected chi connectivity index (χ0v) is 23.6. The standard InChI is InChI=1S/C31H31F3N6O3/c1-18(2)27(35)28(41)38-24-13-11-21-15-22(31(32,33)34)12-14-25(21)39(29(24)42)16-19-7-9-20(10-8-19)23-5-3-4-6-26(23)40-30(43)36-17-37-40/h3-10,12,14-15,17-18,24,27H,11,13,16,35H2,1-2H3,(H,38,41)(H,36,37,43)/t24-,27?/m1/s1. The third-order valence-corrected chi connectivity index (χ3v) is 7.59. The number of carbonyl (C=O) groups excluding carboxylic acids is 2. The van der Waals surface area contributed by atoms with Crippen LogP contribution in [0.2, 0.25) is 0 Å². The Morgan fingerprint density at radius 3 is 2.44 bits per heavy atom. The molecule has 0 radical (unpaired) electrons. The molecule has 0 aliphatic carbocycles. The maximum absolute atomic E-state index is 13.8. The first-order chi connectivity index (χ1) is 20.4. The molecule has 1 aliphatic rings. The molecule has 0 saturated heterocycles. The van der Waals surface area contributed by atoms with Gasteiger partial charge < -0.3 is 16.0 Å². The van der Waals surface area contributed by atoms with Crippen molar-refractivity contribution in [3.8, 4) is 16.8 Å². The van der Waals surface area contributed by atoms with Crippen LogP contribution in [-0.2, 0) is 28.7 Å². The quantitative estimate of drug-likeness (QED) is 0.297. The summed E-state index contributed by atoms with van der Waals surface area (Å²) in [6.45, 7) is 3.63. The minimum atomic E-state index is -4.54. The number of anilines is 1. The smallest absolute Gasteiger partial charge is 0.343 e. The number of halogens is 3. The number of nitrogens with zero attached hydrogens (tertiary/aromatic N) is 3. The van der Waals surface area contributed by atoms with Crippen molar-refractivity contribution in [2.75, 3.05) is 4.90 Å². The van der Waals surface area contributed by atoms with Gasteiger partial charge in [-0.1, -0.05) is 56.3 Å². The summed E-state index contributed by atoms with van der Waals surface area (Å²) in [4.78, 5) is 42.7. The Morgan fingerprint density at radius 1 is 1.07 bits per heavy atom. The first kappa shape index (κ1) is 29.8. The number of carbonyl (C=O) groups is 2. The number of benzene rings is 3. The number of aromatic amines is 1. The van der Waals surface area contributed by atoms with Crippen LogP contribution in [0.15, 0.2) is 77.9 Å². The lowest BCUT2D eigenvalue weighted by atomic mass is 10.0. The Bertz CT molecular complexity index is 1690. The van der Waals surface area contributed by atoms with Crippen molar-refractivity contribution in [1.82, 2.24) is 20.1 Å². The van der Waals surface area contributed by atoms with Crippen LogP contribution in [0, 0.1) is 5.92 Å². The molecular formula is C31H31F3N6O3. The average molecular weight is 593 g/mol. The SMILES string of the molecule is CC(C)C(N)C(=O)N[C@@H]1CCc2cc(C(F)(F)F)ccc2N(Cc2ccc(-c3ccccc3-n3nc[nH]c3=O)cc2)C1=O. The van der Waals surface area contributed by atoms with Gasteiger partial charge in [0.25, 0.3) is 0 Å². The van der Waals surface area contributed by atoms with Gasteiger partial charge >= 0.3 is 11.9 Å². The number of hydrogen-bond donors (Lipinski definition) is 3. The van der Waals surface area contributed by atoms with Crippen molar-refractivity contribution in [3.63, 3.8) is 0 Å². The van der Waals surface area contributed by atoms with E-state index in [1.54, 1.807) is 26.0 Å². The fraction of sp³-hybridized carbons (Fsp3) is 0.290. The summed E-state index contributed by atoms with van der Waals surface area (Å²) in [5.41, 5.74) is 8.37. The van der Waals surface area contributed by atoms with Gasteiger partial charge in [-0.2, -0.15) is 23.0 Å². The molecule has 2 heterocycles. The van der Waals surface area contributed by atoms with Gasteiger partial charge in [-0.05, 0) is 59.7 Å². The van der Waals surface area contributed by atoms with Crippen molar-refractivity contribution in [1.29, 1.82) is 0 Å². The van der Waals surface area contributed by atoms with Gasteiger partial charge in [0.1, 0.15) is 12.4 Å². The highest BCUT2D eigenvalue weighted by atomic mass is 19.4. The average Bonchev–Trinajstić information content (AvgIpc) is 3.37. The van der Waals surface area contributed by atoms with Crippen LogP contribution in [0.1, 0.15) is 37.0 Å². The number of rotatable bonds is 7. The Kier molecular flexibility index (Phi) is 8.23. The maximum Gasteiger partial charge on any atom is 0.416 e. The molecule has 12 heteroatoms. The van der Waals surface area contributed by atoms with E-state index in [0.717, 1.165) is 23.3 Å². The summed E-state index contributed by atoms with van der Waals surface area (Å²) < 4.78 is 41.9. The monoisotopic (exact) mass is 592 g/mol. The summed E-state index contributed by atoms with van der Waals surface area (Å²) in [6, 6.07) is 16.1. The molecule has 1 unspecified atom stereocenters. The number of aromatic nitrogens is 3. The van der Waals surface area contributed by atoms with E-state index >= 15 is 0 Å². The minimum absolute atomic E-state index is 0.0561. The van der Waals surface area contributed by atoms with E-state index in [2.05, 4.69) is 15.4 Å².